The lowest BCUT2D eigenvalue weighted by molar-refractivity contribution is 0.0343. The molecule has 0 fully saturated rings. The van der Waals surface area contributed by atoms with E-state index in [1.807, 2.05) is 18.9 Å². The second kappa shape index (κ2) is 12.5. The summed E-state index contributed by atoms with van der Waals surface area (Å²) in [5, 5.41) is 22.8. The third-order valence-corrected chi connectivity index (χ3v) is 8.93. The van der Waals surface area contributed by atoms with Crippen LogP contribution in [0.1, 0.15) is 51.6 Å². The summed E-state index contributed by atoms with van der Waals surface area (Å²) < 4.78 is 40.9. The van der Waals surface area contributed by atoms with E-state index in [1.165, 1.54) is 19.9 Å². The second-order valence-corrected chi connectivity index (χ2v) is 12.4. The van der Waals surface area contributed by atoms with Crippen LogP contribution in [-0.2, 0) is 16.6 Å². The summed E-state index contributed by atoms with van der Waals surface area (Å²) in [6.07, 6.45) is -0.488. The lowest BCUT2D eigenvalue weighted by Crippen LogP contribution is -2.49. The van der Waals surface area contributed by atoms with Gasteiger partial charge in [-0.05, 0) is 57.6 Å². The molecule has 4 rings (SSSR count). The zero-order valence-electron chi connectivity index (χ0n) is 24.2. The van der Waals surface area contributed by atoms with Gasteiger partial charge in [-0.15, -0.1) is 0 Å². The van der Waals surface area contributed by atoms with E-state index in [4.69, 9.17) is 9.26 Å². The molecular weight excluding hydrogens is 564 g/mol. The maximum Gasteiger partial charge on any atom is 0.335 e. The van der Waals surface area contributed by atoms with E-state index >= 15 is 0 Å². The van der Waals surface area contributed by atoms with Gasteiger partial charge in [0.1, 0.15) is 11.8 Å². The number of rotatable bonds is 10. The van der Waals surface area contributed by atoms with E-state index < -0.39 is 28.1 Å². The Hall–Kier alpha value is -3.94. The van der Waals surface area contributed by atoms with Crippen LogP contribution in [0.2, 0.25) is 0 Å². The minimum absolute atomic E-state index is 0.0865. The molecule has 0 saturated heterocycles. The molecule has 3 aromatic rings. The number of carbonyl (C=O) groups is 2. The van der Waals surface area contributed by atoms with E-state index in [-0.39, 0.29) is 57.3 Å². The van der Waals surface area contributed by atoms with Gasteiger partial charge in [-0.2, -0.15) is 0 Å². The maximum absolute atomic E-state index is 13.7. The number of anilines is 1. The monoisotopic (exact) mass is 600 g/mol. The number of para-hydroxylation sites is 1. The molecule has 1 aromatic heterocycles. The summed E-state index contributed by atoms with van der Waals surface area (Å²) in [7, 11) is -2.25. The number of aromatic carboxylic acids is 1. The first-order valence-electron chi connectivity index (χ1n) is 13.5. The Bertz CT molecular complexity index is 1530. The van der Waals surface area contributed by atoms with E-state index in [1.54, 1.807) is 48.2 Å². The molecule has 12 nitrogen and oxygen atoms in total. The number of aliphatic hydroxyl groups excluding tert-OH is 1. The van der Waals surface area contributed by atoms with Crippen LogP contribution in [0.3, 0.4) is 0 Å². The fourth-order valence-corrected chi connectivity index (χ4v) is 6.43. The van der Waals surface area contributed by atoms with Crippen molar-refractivity contribution in [2.75, 3.05) is 31.5 Å². The number of carboxylic acids is 1. The SMILES string of the molecule is Cc1noc(C)c1S(=O)(=O)Nc1cccc2c1O[C@H](CN(C)Cc1ccc(C(=O)O)cc1)[C@H](C)CN([C@H](C)CO)C2=O. The summed E-state index contributed by atoms with van der Waals surface area (Å²) in [6, 6.07) is 10.8. The predicted molar refractivity (Wildman–Crippen MR) is 154 cm³/mol. The quantitative estimate of drug-likeness (QED) is 0.315. The molecule has 0 unspecified atom stereocenters. The van der Waals surface area contributed by atoms with Crippen molar-refractivity contribution in [3.63, 3.8) is 0 Å². The molecule has 2 aromatic carbocycles. The van der Waals surface area contributed by atoms with Crippen molar-refractivity contribution in [2.24, 2.45) is 5.92 Å². The first-order chi connectivity index (χ1) is 19.8. The number of nitrogens with one attached hydrogen (secondary N) is 1. The molecule has 13 heteroatoms. The van der Waals surface area contributed by atoms with Gasteiger partial charge in [0.2, 0.25) is 0 Å². The minimum atomic E-state index is -4.15. The molecule has 1 aliphatic heterocycles. The summed E-state index contributed by atoms with van der Waals surface area (Å²) in [4.78, 5) is 28.4. The summed E-state index contributed by atoms with van der Waals surface area (Å²) in [6.45, 7) is 7.67. The van der Waals surface area contributed by atoms with Crippen molar-refractivity contribution in [1.29, 1.82) is 0 Å². The molecule has 0 aliphatic carbocycles. The van der Waals surface area contributed by atoms with Gasteiger partial charge in [0.05, 0.1) is 29.5 Å². The molecule has 3 atom stereocenters. The van der Waals surface area contributed by atoms with Crippen LogP contribution in [0.25, 0.3) is 0 Å². The van der Waals surface area contributed by atoms with Crippen LogP contribution >= 0.6 is 0 Å². The Morgan fingerprint density at radius 1 is 1.21 bits per heavy atom. The Morgan fingerprint density at radius 3 is 2.50 bits per heavy atom. The lowest BCUT2D eigenvalue weighted by atomic mass is 9.99. The third kappa shape index (κ3) is 6.58. The zero-order chi connectivity index (χ0) is 30.8. The molecule has 1 amide bonds. The van der Waals surface area contributed by atoms with E-state index in [2.05, 4.69) is 9.88 Å². The number of sulfonamides is 1. The Morgan fingerprint density at radius 2 is 1.90 bits per heavy atom. The van der Waals surface area contributed by atoms with E-state index in [0.29, 0.717) is 19.6 Å². The number of aromatic nitrogens is 1. The summed E-state index contributed by atoms with van der Waals surface area (Å²) in [5.74, 6) is -1.38. The highest BCUT2D eigenvalue weighted by molar-refractivity contribution is 7.92. The van der Waals surface area contributed by atoms with Crippen LogP contribution in [-0.4, -0.2) is 84.4 Å². The molecule has 42 heavy (non-hydrogen) atoms. The number of amides is 1. The van der Waals surface area contributed by atoms with Crippen molar-refractivity contribution >= 4 is 27.6 Å². The largest absolute Gasteiger partial charge is 0.486 e. The van der Waals surface area contributed by atoms with Gasteiger partial charge in [0.15, 0.2) is 16.4 Å². The predicted octanol–water partition coefficient (Wildman–Crippen LogP) is 3.14. The smallest absolute Gasteiger partial charge is 0.335 e. The molecular formula is C29H36N4O8S. The number of carbonyl (C=O) groups excluding carboxylic acids is 1. The number of carboxylic acid groups (broad SMARTS) is 1. The topological polar surface area (TPSA) is 163 Å². The highest BCUT2D eigenvalue weighted by Crippen LogP contribution is 2.36. The Balaban J connectivity index is 1.69. The Labute approximate surface area is 244 Å². The van der Waals surface area contributed by atoms with E-state index in [9.17, 15) is 28.2 Å². The normalized spacial score (nSPS) is 18.2. The molecule has 0 bridgehead atoms. The van der Waals surface area contributed by atoms with Gasteiger partial charge in [-0.1, -0.05) is 30.3 Å². The number of aryl methyl sites for hydroxylation is 2. The maximum atomic E-state index is 13.7. The number of nitrogens with zero attached hydrogens (tertiary/aromatic N) is 3. The van der Waals surface area contributed by atoms with Crippen LogP contribution in [0.15, 0.2) is 51.9 Å². The molecule has 226 valence electrons. The fraction of sp³-hybridized carbons (Fsp3) is 0.414. The Kier molecular flexibility index (Phi) is 9.24. The highest BCUT2D eigenvalue weighted by atomic mass is 32.2. The standard InChI is InChI=1S/C29H36N4O8S/c1-17-13-33(18(2)16-34)28(35)23-7-6-8-24(31-42(38,39)27-19(3)30-41-20(27)4)26(23)40-25(17)15-32(5)14-21-9-11-22(12-10-21)29(36)37/h6-12,17-18,25,31,34H,13-16H2,1-5H3,(H,36,37)/t17-,18-,25-/m1/s1. The highest BCUT2D eigenvalue weighted by Gasteiger charge is 2.35. The van der Waals surface area contributed by atoms with Gasteiger partial charge in [0.25, 0.3) is 15.9 Å². The van der Waals surface area contributed by atoms with Crippen LogP contribution < -0.4 is 9.46 Å². The van der Waals surface area contributed by atoms with Crippen molar-refractivity contribution < 1.29 is 37.5 Å². The average Bonchev–Trinajstić information content (AvgIpc) is 3.29. The van der Waals surface area contributed by atoms with Gasteiger partial charge < -0.3 is 24.4 Å². The molecule has 0 saturated carbocycles. The fourth-order valence-electron chi connectivity index (χ4n) is 5.03. The summed E-state index contributed by atoms with van der Waals surface area (Å²) in [5.41, 5.74) is 1.55. The van der Waals surface area contributed by atoms with Crippen molar-refractivity contribution in [3.8, 4) is 5.75 Å². The van der Waals surface area contributed by atoms with E-state index in [0.717, 1.165) is 5.56 Å². The first kappa shape index (κ1) is 31.0. The van der Waals surface area contributed by atoms with Gasteiger partial charge in [0, 0.05) is 25.6 Å². The lowest BCUT2D eigenvalue weighted by Gasteiger charge is -2.38. The van der Waals surface area contributed by atoms with Crippen molar-refractivity contribution in [1.82, 2.24) is 15.0 Å². The summed E-state index contributed by atoms with van der Waals surface area (Å²) >= 11 is 0. The van der Waals surface area contributed by atoms with Gasteiger partial charge in [-0.3, -0.25) is 14.4 Å². The zero-order valence-corrected chi connectivity index (χ0v) is 25.0. The van der Waals surface area contributed by atoms with Gasteiger partial charge >= 0.3 is 5.97 Å². The number of fused-ring (bicyclic) bond motifs is 1. The van der Waals surface area contributed by atoms with Crippen LogP contribution in [0.5, 0.6) is 5.75 Å². The number of likely N-dealkylation sites (N-methyl/N-ethyl adjacent to an activating group) is 1. The van der Waals surface area contributed by atoms with Crippen LogP contribution in [0.4, 0.5) is 5.69 Å². The number of hydrogen-bond acceptors (Lipinski definition) is 9. The van der Waals surface area contributed by atoms with Crippen LogP contribution in [0, 0.1) is 19.8 Å². The number of hydrogen-bond donors (Lipinski definition) is 3. The first-order valence-corrected chi connectivity index (χ1v) is 15.0. The molecule has 0 spiro atoms. The molecule has 3 N–H and O–H groups in total. The number of benzene rings is 2. The average molecular weight is 601 g/mol. The second-order valence-electron chi connectivity index (χ2n) is 10.8. The number of ether oxygens (including phenoxy) is 1. The van der Waals surface area contributed by atoms with Crippen molar-refractivity contribution in [3.05, 3.63) is 70.6 Å². The number of aliphatic hydroxyl groups is 1. The minimum Gasteiger partial charge on any atom is -0.486 e. The van der Waals surface area contributed by atoms with Crippen molar-refractivity contribution in [2.45, 2.75) is 51.3 Å². The third-order valence-electron chi connectivity index (χ3n) is 7.32. The molecule has 2 heterocycles. The molecule has 1 aliphatic rings. The van der Waals surface area contributed by atoms with Gasteiger partial charge in [-0.25, -0.2) is 13.2 Å². The molecule has 0 radical (unpaired) electrons.